The van der Waals surface area contributed by atoms with Crippen LogP contribution in [0.25, 0.3) is 11.0 Å². The summed E-state index contributed by atoms with van der Waals surface area (Å²) < 4.78 is 10.7. The van der Waals surface area contributed by atoms with Crippen molar-refractivity contribution < 1.29 is 13.9 Å². The quantitative estimate of drug-likeness (QED) is 0.651. The summed E-state index contributed by atoms with van der Waals surface area (Å²) in [6.45, 7) is 2.37. The van der Waals surface area contributed by atoms with Gasteiger partial charge in [-0.3, -0.25) is 9.69 Å². The van der Waals surface area contributed by atoms with Crippen LogP contribution in [0.4, 0.5) is 0 Å². The van der Waals surface area contributed by atoms with Crippen molar-refractivity contribution in [2.24, 2.45) is 0 Å². The lowest BCUT2D eigenvalue weighted by Crippen LogP contribution is -2.38. The largest absolute Gasteiger partial charge is 0.497 e. The summed E-state index contributed by atoms with van der Waals surface area (Å²) in [5.41, 5.74) is 0.951. The second-order valence-electron chi connectivity index (χ2n) is 7.23. The van der Waals surface area contributed by atoms with Crippen LogP contribution in [0, 0.1) is 0 Å². The Bertz CT molecular complexity index is 1070. The summed E-state index contributed by atoms with van der Waals surface area (Å²) >= 11 is 0. The van der Waals surface area contributed by atoms with Crippen LogP contribution in [0.2, 0.25) is 0 Å². The molecule has 1 saturated heterocycles. The smallest absolute Gasteiger partial charge is 0.349 e. The van der Waals surface area contributed by atoms with Gasteiger partial charge in [0, 0.05) is 11.9 Å². The molecule has 1 fully saturated rings. The average Bonchev–Trinajstić information content (AvgIpc) is 3.28. The molecule has 6 nitrogen and oxygen atoms in total. The van der Waals surface area contributed by atoms with Gasteiger partial charge < -0.3 is 14.5 Å². The molecule has 4 rings (SSSR count). The van der Waals surface area contributed by atoms with E-state index in [4.69, 9.17) is 9.15 Å². The van der Waals surface area contributed by atoms with Crippen LogP contribution >= 0.6 is 0 Å². The van der Waals surface area contributed by atoms with Crippen LogP contribution in [0.15, 0.2) is 63.8 Å². The molecular formula is C23H24N2O4. The molecule has 1 atom stereocenters. The molecule has 3 aromatic rings. The number of ether oxygens (including phenoxy) is 1. The summed E-state index contributed by atoms with van der Waals surface area (Å²) in [5.74, 6) is 0.366. The molecule has 1 amide bonds. The third kappa shape index (κ3) is 4.17. The van der Waals surface area contributed by atoms with E-state index in [1.54, 1.807) is 25.3 Å². The first kappa shape index (κ1) is 19.2. The lowest BCUT2D eigenvalue weighted by molar-refractivity contribution is 0.0934. The normalized spacial score (nSPS) is 15.3. The Hall–Kier alpha value is -3.12. The average molecular weight is 392 g/mol. The SMILES string of the molecule is COc1cccc(C(CNC(=O)c2cc3ccccc3oc2=O)N2CCCC2)c1. The zero-order chi connectivity index (χ0) is 20.2. The van der Waals surface area contributed by atoms with Gasteiger partial charge in [0.05, 0.1) is 13.2 Å². The minimum absolute atomic E-state index is 0.0176. The molecule has 2 heterocycles. The Balaban J connectivity index is 1.56. The van der Waals surface area contributed by atoms with Crippen molar-refractivity contribution in [1.82, 2.24) is 10.2 Å². The standard InChI is InChI=1S/C23H24N2O4/c1-28-18-9-6-8-16(13-18)20(25-11-4-5-12-25)15-24-22(26)19-14-17-7-2-3-10-21(17)29-23(19)27/h2-3,6-10,13-14,20H,4-5,11-12,15H2,1H3,(H,24,26). The zero-order valence-corrected chi connectivity index (χ0v) is 16.4. The van der Waals surface area contributed by atoms with Gasteiger partial charge >= 0.3 is 5.63 Å². The Morgan fingerprint density at radius 3 is 2.72 bits per heavy atom. The number of likely N-dealkylation sites (tertiary alicyclic amines) is 1. The van der Waals surface area contributed by atoms with Gasteiger partial charge in [0.2, 0.25) is 0 Å². The minimum atomic E-state index is -0.625. The van der Waals surface area contributed by atoms with Gasteiger partial charge in [-0.1, -0.05) is 30.3 Å². The molecule has 2 aromatic carbocycles. The highest BCUT2D eigenvalue weighted by Crippen LogP contribution is 2.27. The number of nitrogens with zero attached hydrogens (tertiary/aromatic N) is 1. The number of para-hydroxylation sites is 1. The molecule has 1 N–H and O–H groups in total. The van der Waals surface area contributed by atoms with E-state index in [0.29, 0.717) is 12.1 Å². The molecule has 1 aliphatic rings. The van der Waals surface area contributed by atoms with Gasteiger partial charge in [-0.2, -0.15) is 0 Å². The molecule has 1 aliphatic heterocycles. The van der Waals surface area contributed by atoms with Crippen LogP contribution in [0.5, 0.6) is 5.75 Å². The number of benzene rings is 2. The van der Waals surface area contributed by atoms with E-state index in [1.165, 1.54) is 0 Å². The molecule has 150 valence electrons. The van der Waals surface area contributed by atoms with E-state index < -0.39 is 11.5 Å². The summed E-state index contributed by atoms with van der Waals surface area (Å²) in [5, 5.41) is 3.66. The van der Waals surface area contributed by atoms with Crippen LogP contribution in [-0.4, -0.2) is 37.6 Å². The Labute approximate surface area is 169 Å². The van der Waals surface area contributed by atoms with Crippen molar-refractivity contribution in [3.63, 3.8) is 0 Å². The number of amides is 1. The van der Waals surface area contributed by atoms with Crippen molar-refractivity contribution >= 4 is 16.9 Å². The van der Waals surface area contributed by atoms with E-state index in [-0.39, 0.29) is 11.6 Å². The number of hydrogen-bond donors (Lipinski definition) is 1. The first-order chi connectivity index (χ1) is 14.2. The van der Waals surface area contributed by atoms with Crippen molar-refractivity contribution in [1.29, 1.82) is 0 Å². The number of carbonyl (C=O) groups is 1. The summed E-state index contributed by atoms with van der Waals surface area (Å²) in [6, 6.07) is 16.7. The second kappa shape index (κ2) is 8.49. The fourth-order valence-corrected chi connectivity index (χ4v) is 3.86. The predicted octanol–water partition coefficient (Wildman–Crippen LogP) is 3.37. The maximum Gasteiger partial charge on any atom is 0.349 e. The minimum Gasteiger partial charge on any atom is -0.497 e. The Morgan fingerprint density at radius 1 is 1.14 bits per heavy atom. The summed E-state index contributed by atoms with van der Waals surface area (Å²) in [4.78, 5) is 27.4. The van der Waals surface area contributed by atoms with Crippen molar-refractivity contribution in [3.8, 4) is 5.75 Å². The molecular weight excluding hydrogens is 368 g/mol. The molecule has 29 heavy (non-hydrogen) atoms. The number of nitrogens with one attached hydrogen (secondary N) is 1. The summed E-state index contributed by atoms with van der Waals surface area (Å²) in [6.07, 6.45) is 2.28. The molecule has 0 spiro atoms. The second-order valence-corrected chi connectivity index (χ2v) is 7.23. The number of hydrogen-bond acceptors (Lipinski definition) is 5. The topological polar surface area (TPSA) is 71.8 Å². The number of rotatable bonds is 6. The highest BCUT2D eigenvalue weighted by atomic mass is 16.5. The first-order valence-electron chi connectivity index (χ1n) is 9.85. The lowest BCUT2D eigenvalue weighted by atomic mass is 10.0. The monoisotopic (exact) mass is 392 g/mol. The molecule has 1 unspecified atom stereocenters. The van der Waals surface area contributed by atoms with Gasteiger partial charge in [-0.05, 0) is 55.8 Å². The fraction of sp³-hybridized carbons (Fsp3) is 0.304. The van der Waals surface area contributed by atoms with E-state index in [2.05, 4.69) is 10.2 Å². The first-order valence-corrected chi connectivity index (χ1v) is 9.85. The Kier molecular flexibility index (Phi) is 5.62. The molecule has 1 aromatic heterocycles. The van der Waals surface area contributed by atoms with E-state index in [1.807, 2.05) is 36.4 Å². The molecule has 0 saturated carbocycles. The van der Waals surface area contributed by atoms with Crippen LogP contribution in [-0.2, 0) is 0 Å². The Morgan fingerprint density at radius 2 is 1.93 bits per heavy atom. The van der Waals surface area contributed by atoms with Crippen LogP contribution in [0.1, 0.15) is 34.8 Å². The van der Waals surface area contributed by atoms with E-state index >= 15 is 0 Å². The van der Waals surface area contributed by atoms with Gasteiger partial charge in [-0.15, -0.1) is 0 Å². The zero-order valence-electron chi connectivity index (χ0n) is 16.4. The predicted molar refractivity (Wildman–Crippen MR) is 111 cm³/mol. The maximum absolute atomic E-state index is 12.8. The number of methoxy groups -OCH3 is 1. The highest BCUT2D eigenvalue weighted by Gasteiger charge is 2.25. The van der Waals surface area contributed by atoms with Gasteiger partial charge in [-0.25, -0.2) is 4.79 Å². The van der Waals surface area contributed by atoms with Crippen molar-refractivity contribution in [2.75, 3.05) is 26.7 Å². The van der Waals surface area contributed by atoms with Crippen LogP contribution < -0.4 is 15.7 Å². The van der Waals surface area contributed by atoms with Gasteiger partial charge in [0.1, 0.15) is 16.9 Å². The van der Waals surface area contributed by atoms with Gasteiger partial charge in [0.15, 0.2) is 0 Å². The fourth-order valence-electron chi connectivity index (χ4n) is 3.86. The maximum atomic E-state index is 12.8. The van der Waals surface area contributed by atoms with Crippen molar-refractivity contribution in [2.45, 2.75) is 18.9 Å². The summed E-state index contributed by atoms with van der Waals surface area (Å²) in [7, 11) is 1.64. The van der Waals surface area contributed by atoms with Gasteiger partial charge in [0.25, 0.3) is 5.91 Å². The van der Waals surface area contributed by atoms with Crippen LogP contribution in [0.3, 0.4) is 0 Å². The molecule has 6 heteroatoms. The molecule has 0 radical (unpaired) electrons. The number of fused-ring (bicyclic) bond motifs is 1. The van der Waals surface area contributed by atoms with E-state index in [9.17, 15) is 9.59 Å². The third-order valence-corrected chi connectivity index (χ3v) is 5.40. The lowest BCUT2D eigenvalue weighted by Gasteiger charge is -2.28. The molecule has 0 aliphatic carbocycles. The third-order valence-electron chi connectivity index (χ3n) is 5.40. The van der Waals surface area contributed by atoms with Crippen molar-refractivity contribution in [3.05, 3.63) is 76.1 Å². The number of carbonyl (C=O) groups excluding carboxylic acids is 1. The highest BCUT2D eigenvalue weighted by molar-refractivity contribution is 5.96. The van der Waals surface area contributed by atoms with E-state index in [0.717, 1.165) is 42.6 Å². The molecule has 0 bridgehead atoms.